The fourth-order valence-corrected chi connectivity index (χ4v) is 4.66. The van der Waals surface area contributed by atoms with Gasteiger partial charge in [-0.1, -0.05) is 59.0 Å². The normalized spacial score (nSPS) is 11.9. The molecule has 0 aliphatic heterocycles. The summed E-state index contributed by atoms with van der Waals surface area (Å²) < 4.78 is 2.38. The zero-order valence-corrected chi connectivity index (χ0v) is 19.1. The number of hydrogen-bond donors (Lipinski definition) is 1. The van der Waals surface area contributed by atoms with Crippen molar-refractivity contribution >= 4 is 30.4 Å². The molecule has 0 saturated carbocycles. The first-order valence-electron chi connectivity index (χ1n) is 7.04. The van der Waals surface area contributed by atoms with E-state index in [1.165, 1.54) is 0 Å². The quantitative estimate of drug-likeness (QED) is 0.722. The van der Waals surface area contributed by atoms with Gasteiger partial charge in [0.25, 0.3) is 0 Å². The van der Waals surface area contributed by atoms with Crippen molar-refractivity contribution in [1.29, 1.82) is 0 Å². The van der Waals surface area contributed by atoms with Gasteiger partial charge in [-0.05, 0) is 29.8 Å². The Morgan fingerprint density at radius 1 is 1.24 bits per heavy atom. The van der Waals surface area contributed by atoms with E-state index in [-0.39, 0.29) is 5.41 Å². The van der Waals surface area contributed by atoms with Gasteiger partial charge in [-0.15, -0.1) is 0 Å². The molecule has 6 heteroatoms. The fraction of sp³-hybridized carbons (Fsp3) is 0.600. The van der Waals surface area contributed by atoms with Crippen molar-refractivity contribution in [3.05, 3.63) is 23.8 Å². The molecule has 0 bridgehead atoms. The molecule has 1 aromatic rings. The number of hydrogen-bond acceptors (Lipinski definition) is 2. The molecule has 120 valence electrons. The third-order valence-electron chi connectivity index (χ3n) is 3.93. The SMILES string of the molecule is CCN(C)[Si](C)(C)c1cccc(C(C)(C)C)c1O.[Cl][Zr][Cl]. The van der Waals surface area contributed by atoms with Crippen LogP contribution in [-0.4, -0.2) is 31.5 Å². The number of phenolic OH excluding ortho intramolecular Hbond substituents is 1. The first-order valence-corrected chi connectivity index (χ1v) is 16.3. The molecule has 21 heavy (non-hydrogen) atoms. The molecule has 2 nitrogen and oxygen atoms in total. The average Bonchev–Trinajstić information content (AvgIpc) is 2.37. The summed E-state index contributed by atoms with van der Waals surface area (Å²) in [6, 6.07) is 6.20. The van der Waals surface area contributed by atoms with Gasteiger partial charge < -0.3 is 9.67 Å². The minimum absolute atomic E-state index is 0.0185. The molecule has 1 N–H and O–H groups in total. The number of rotatable bonds is 3. The second-order valence-electron chi connectivity index (χ2n) is 6.60. The molecule has 0 unspecified atom stereocenters. The van der Waals surface area contributed by atoms with Crippen LogP contribution in [0.2, 0.25) is 13.1 Å². The third kappa shape index (κ3) is 5.99. The van der Waals surface area contributed by atoms with Crippen LogP contribution in [0.5, 0.6) is 5.75 Å². The standard InChI is InChI=1S/C15H27NOSi.2ClH.Zr/c1-8-16(5)18(6,7)13-11-9-10-12(14(13)17)15(2,3)4;;;/h9-11,17H,8H2,1-7H3;2*1H;/q;;;+2/p-2. The van der Waals surface area contributed by atoms with Crippen LogP contribution < -0.4 is 5.19 Å². The van der Waals surface area contributed by atoms with Gasteiger partial charge in [0.2, 0.25) is 0 Å². The fourth-order valence-electron chi connectivity index (χ4n) is 2.24. The number of benzene rings is 1. The molecule has 0 atom stereocenters. The van der Waals surface area contributed by atoms with Crippen molar-refractivity contribution in [2.45, 2.75) is 46.2 Å². The van der Waals surface area contributed by atoms with Crippen molar-refractivity contribution in [3.8, 4) is 5.75 Å². The van der Waals surface area contributed by atoms with Crippen LogP contribution in [0.25, 0.3) is 0 Å². The summed E-state index contributed by atoms with van der Waals surface area (Å²) in [5.41, 5.74) is 1.03. The van der Waals surface area contributed by atoms with Crippen LogP contribution >= 0.6 is 17.0 Å². The van der Waals surface area contributed by atoms with Crippen LogP contribution in [-0.2, 0) is 26.3 Å². The van der Waals surface area contributed by atoms with Crippen molar-refractivity contribution in [3.63, 3.8) is 0 Å². The zero-order valence-electron chi connectivity index (χ0n) is 14.1. The predicted molar refractivity (Wildman–Crippen MR) is 93.9 cm³/mol. The molecule has 1 aromatic carbocycles. The third-order valence-corrected chi connectivity index (χ3v) is 7.88. The summed E-state index contributed by atoms with van der Waals surface area (Å²) in [4.78, 5) is 0. The molecular formula is C15H27Cl2NOSiZr. The monoisotopic (exact) mass is 425 g/mol. The molecule has 0 aliphatic rings. The summed E-state index contributed by atoms with van der Waals surface area (Å²) in [6.45, 7) is 14.2. The van der Waals surface area contributed by atoms with E-state index in [0.717, 1.165) is 17.3 Å². The molecule has 0 aromatic heterocycles. The van der Waals surface area contributed by atoms with E-state index < -0.39 is 29.1 Å². The first kappa shape index (κ1) is 21.7. The number of para-hydroxylation sites is 1. The van der Waals surface area contributed by atoms with Gasteiger partial charge >= 0.3 is 37.9 Å². The van der Waals surface area contributed by atoms with E-state index in [4.69, 9.17) is 17.0 Å². The number of nitrogens with zero attached hydrogens (tertiary/aromatic N) is 1. The Labute approximate surface area is 149 Å². The van der Waals surface area contributed by atoms with E-state index >= 15 is 0 Å². The molecule has 0 saturated heterocycles. The van der Waals surface area contributed by atoms with Crippen LogP contribution in [0.1, 0.15) is 33.3 Å². The van der Waals surface area contributed by atoms with Gasteiger partial charge in [0.05, 0.1) is 0 Å². The van der Waals surface area contributed by atoms with Crippen LogP contribution in [0.4, 0.5) is 0 Å². The summed E-state index contributed by atoms with van der Waals surface area (Å²) in [5.74, 6) is 0.502. The molecule has 0 fully saturated rings. The summed E-state index contributed by atoms with van der Waals surface area (Å²) >= 11 is -0.826. The Morgan fingerprint density at radius 2 is 1.71 bits per heavy atom. The Balaban J connectivity index is 0.00000122. The number of phenols is 1. The topological polar surface area (TPSA) is 23.5 Å². The second-order valence-corrected chi connectivity index (χ2v) is 14.7. The van der Waals surface area contributed by atoms with Gasteiger partial charge in [0.1, 0.15) is 5.75 Å². The summed E-state index contributed by atoms with van der Waals surface area (Å²) in [7, 11) is 10.3. The molecule has 0 radical (unpaired) electrons. The van der Waals surface area contributed by atoms with Crippen molar-refractivity contribution < 1.29 is 26.0 Å². The number of halogens is 2. The number of aromatic hydroxyl groups is 1. The molecule has 0 aliphatic carbocycles. The van der Waals surface area contributed by atoms with Crippen LogP contribution in [0.3, 0.4) is 0 Å². The van der Waals surface area contributed by atoms with Crippen molar-refractivity contribution in [2.75, 3.05) is 13.6 Å². The summed E-state index contributed by atoms with van der Waals surface area (Å²) in [5, 5.41) is 11.8. The van der Waals surface area contributed by atoms with E-state index in [1.807, 2.05) is 6.07 Å². The molecule has 0 heterocycles. The maximum atomic E-state index is 10.6. The molecule has 0 amide bonds. The maximum absolute atomic E-state index is 10.6. The Kier molecular flexibility index (Phi) is 9.36. The van der Waals surface area contributed by atoms with Gasteiger partial charge in [0, 0.05) is 0 Å². The van der Waals surface area contributed by atoms with E-state index in [1.54, 1.807) is 0 Å². The van der Waals surface area contributed by atoms with E-state index in [9.17, 15) is 5.11 Å². The Morgan fingerprint density at radius 3 is 2.10 bits per heavy atom. The van der Waals surface area contributed by atoms with E-state index in [0.29, 0.717) is 5.75 Å². The Hall–Kier alpha value is 0.660. The van der Waals surface area contributed by atoms with Gasteiger partial charge in [-0.3, -0.25) is 0 Å². The zero-order chi connectivity index (χ0) is 16.8. The van der Waals surface area contributed by atoms with E-state index in [2.05, 4.69) is 64.5 Å². The van der Waals surface area contributed by atoms with Crippen molar-refractivity contribution in [2.24, 2.45) is 0 Å². The van der Waals surface area contributed by atoms with Crippen LogP contribution in [0, 0.1) is 0 Å². The minimum atomic E-state index is -1.75. The molecule has 1 rings (SSSR count). The van der Waals surface area contributed by atoms with Crippen molar-refractivity contribution in [1.82, 2.24) is 4.57 Å². The predicted octanol–water partition coefficient (Wildman–Crippen LogP) is 4.43. The van der Waals surface area contributed by atoms with Gasteiger partial charge in [0.15, 0.2) is 8.24 Å². The van der Waals surface area contributed by atoms with Crippen LogP contribution in [0.15, 0.2) is 18.2 Å². The Bertz CT molecular complexity index is 450. The van der Waals surface area contributed by atoms with Gasteiger partial charge in [-0.25, -0.2) is 0 Å². The average molecular weight is 428 g/mol. The van der Waals surface area contributed by atoms with Gasteiger partial charge in [-0.2, -0.15) is 0 Å². The first-order chi connectivity index (χ1) is 9.53. The second kappa shape index (κ2) is 9.08. The molecule has 0 spiro atoms. The summed E-state index contributed by atoms with van der Waals surface area (Å²) in [6.07, 6.45) is 0. The molecular weight excluding hydrogens is 400 g/mol.